The quantitative estimate of drug-likeness (QED) is 0.755. The Bertz CT molecular complexity index is 384. The van der Waals surface area contributed by atoms with Crippen molar-refractivity contribution in [1.82, 2.24) is 5.32 Å². The molecule has 18 heavy (non-hydrogen) atoms. The summed E-state index contributed by atoms with van der Waals surface area (Å²) in [6.45, 7) is 6.30. The van der Waals surface area contributed by atoms with Crippen molar-refractivity contribution in [3.05, 3.63) is 28.2 Å². The molecular weight excluding hydrogens is 294 g/mol. The Morgan fingerprint density at radius 1 is 1.33 bits per heavy atom. The molecule has 0 aliphatic carbocycles. The van der Waals surface area contributed by atoms with Crippen LogP contribution in [0.4, 0.5) is 0 Å². The fraction of sp³-hybridized carbons (Fsp3) is 0.571. The van der Waals surface area contributed by atoms with Crippen molar-refractivity contribution >= 4 is 15.9 Å². The highest BCUT2D eigenvalue weighted by Gasteiger charge is 2.19. The first-order valence-corrected chi connectivity index (χ1v) is 7.14. The summed E-state index contributed by atoms with van der Waals surface area (Å²) in [5.74, 6) is 0.495. The minimum absolute atomic E-state index is 0.0894. The molecule has 3 atom stereocenters. The summed E-state index contributed by atoms with van der Waals surface area (Å²) in [4.78, 5) is 0. The van der Waals surface area contributed by atoms with Crippen LogP contribution in [0.15, 0.2) is 22.7 Å². The molecule has 1 rings (SSSR count). The van der Waals surface area contributed by atoms with E-state index in [0.29, 0.717) is 5.75 Å². The van der Waals surface area contributed by atoms with E-state index in [1.54, 1.807) is 6.07 Å². The highest BCUT2D eigenvalue weighted by atomic mass is 79.9. The number of phenols is 1. The second kappa shape index (κ2) is 7.12. The number of benzene rings is 1. The molecule has 3 nitrogen and oxygen atoms in total. The smallest absolute Gasteiger partial charge is 0.120 e. The standard InChI is InChI=1S/C14H22BrNO2/c1-4-13(16-10(3)9(2)8-17)12-7-11(15)5-6-14(12)18/h5-7,9-10,13,16-18H,4,8H2,1-3H3. The summed E-state index contributed by atoms with van der Waals surface area (Å²) in [6, 6.07) is 5.74. The van der Waals surface area contributed by atoms with E-state index >= 15 is 0 Å². The van der Waals surface area contributed by atoms with Crippen LogP contribution in [-0.4, -0.2) is 22.9 Å². The first-order valence-electron chi connectivity index (χ1n) is 6.34. The van der Waals surface area contributed by atoms with Gasteiger partial charge in [0, 0.05) is 28.7 Å². The van der Waals surface area contributed by atoms with Gasteiger partial charge in [-0.2, -0.15) is 0 Å². The van der Waals surface area contributed by atoms with Gasteiger partial charge in [0.1, 0.15) is 5.75 Å². The Kier molecular flexibility index (Phi) is 6.12. The molecule has 0 aromatic heterocycles. The molecule has 0 aliphatic heterocycles. The Morgan fingerprint density at radius 3 is 2.56 bits per heavy atom. The lowest BCUT2D eigenvalue weighted by molar-refractivity contribution is 0.200. The maximum atomic E-state index is 9.93. The summed E-state index contributed by atoms with van der Waals surface area (Å²) in [5, 5.41) is 22.6. The number of phenolic OH excluding ortho intramolecular Hbond substituents is 1. The van der Waals surface area contributed by atoms with Crippen LogP contribution >= 0.6 is 15.9 Å². The van der Waals surface area contributed by atoms with Crippen molar-refractivity contribution in [3.8, 4) is 5.75 Å². The van der Waals surface area contributed by atoms with E-state index in [4.69, 9.17) is 5.11 Å². The summed E-state index contributed by atoms with van der Waals surface area (Å²) in [6.07, 6.45) is 0.881. The molecule has 0 amide bonds. The van der Waals surface area contributed by atoms with Crippen LogP contribution in [0.1, 0.15) is 38.8 Å². The molecule has 3 N–H and O–H groups in total. The molecule has 0 spiro atoms. The summed E-state index contributed by atoms with van der Waals surface area (Å²) < 4.78 is 0.957. The van der Waals surface area contributed by atoms with E-state index in [1.165, 1.54) is 0 Å². The van der Waals surface area contributed by atoms with Gasteiger partial charge in [-0.3, -0.25) is 0 Å². The van der Waals surface area contributed by atoms with Crippen LogP contribution in [-0.2, 0) is 0 Å². The van der Waals surface area contributed by atoms with Crippen LogP contribution in [0, 0.1) is 5.92 Å². The van der Waals surface area contributed by atoms with Crippen molar-refractivity contribution in [1.29, 1.82) is 0 Å². The zero-order chi connectivity index (χ0) is 13.7. The van der Waals surface area contributed by atoms with Crippen molar-refractivity contribution in [2.75, 3.05) is 6.61 Å². The molecule has 3 unspecified atom stereocenters. The molecule has 0 saturated carbocycles. The highest BCUT2D eigenvalue weighted by molar-refractivity contribution is 9.10. The fourth-order valence-electron chi connectivity index (χ4n) is 1.87. The molecule has 4 heteroatoms. The van der Waals surface area contributed by atoms with E-state index < -0.39 is 0 Å². The Balaban J connectivity index is 2.86. The number of nitrogens with one attached hydrogen (secondary N) is 1. The molecule has 102 valence electrons. The van der Waals surface area contributed by atoms with E-state index in [0.717, 1.165) is 16.5 Å². The van der Waals surface area contributed by atoms with Gasteiger partial charge < -0.3 is 15.5 Å². The molecule has 0 radical (unpaired) electrons. The zero-order valence-corrected chi connectivity index (χ0v) is 12.7. The Hall–Kier alpha value is -0.580. The van der Waals surface area contributed by atoms with Gasteiger partial charge in [0.2, 0.25) is 0 Å². The molecule has 0 fully saturated rings. The van der Waals surface area contributed by atoms with Gasteiger partial charge in [-0.05, 0) is 37.5 Å². The minimum atomic E-state index is 0.0894. The van der Waals surface area contributed by atoms with Crippen LogP contribution in [0.25, 0.3) is 0 Å². The molecule has 1 aromatic rings. The van der Waals surface area contributed by atoms with Gasteiger partial charge >= 0.3 is 0 Å². The third kappa shape index (κ3) is 3.97. The minimum Gasteiger partial charge on any atom is -0.508 e. The Morgan fingerprint density at radius 2 is 2.00 bits per heavy atom. The topological polar surface area (TPSA) is 52.5 Å². The Labute approximate surface area is 117 Å². The van der Waals surface area contributed by atoms with Crippen molar-refractivity contribution in [3.63, 3.8) is 0 Å². The van der Waals surface area contributed by atoms with Crippen LogP contribution in [0.5, 0.6) is 5.75 Å². The third-order valence-corrected chi connectivity index (χ3v) is 3.87. The van der Waals surface area contributed by atoms with Gasteiger partial charge in [-0.25, -0.2) is 0 Å². The lowest BCUT2D eigenvalue weighted by Crippen LogP contribution is -2.36. The second-order valence-corrected chi connectivity index (χ2v) is 5.69. The van der Waals surface area contributed by atoms with Crippen LogP contribution in [0.2, 0.25) is 0 Å². The van der Waals surface area contributed by atoms with Gasteiger partial charge in [0.25, 0.3) is 0 Å². The third-order valence-electron chi connectivity index (χ3n) is 3.38. The van der Waals surface area contributed by atoms with Crippen molar-refractivity contribution in [2.24, 2.45) is 5.92 Å². The van der Waals surface area contributed by atoms with E-state index in [1.807, 2.05) is 19.1 Å². The number of aromatic hydroxyl groups is 1. The summed E-state index contributed by atoms with van der Waals surface area (Å²) >= 11 is 3.42. The first kappa shape index (κ1) is 15.5. The van der Waals surface area contributed by atoms with Crippen LogP contribution in [0.3, 0.4) is 0 Å². The SMILES string of the molecule is CCC(NC(C)C(C)CO)c1cc(Br)ccc1O. The van der Waals surface area contributed by atoms with E-state index in [2.05, 4.69) is 35.1 Å². The molecule has 0 bridgehead atoms. The molecule has 0 saturated heterocycles. The summed E-state index contributed by atoms with van der Waals surface area (Å²) in [7, 11) is 0. The fourth-order valence-corrected chi connectivity index (χ4v) is 2.25. The predicted molar refractivity (Wildman–Crippen MR) is 77.7 cm³/mol. The number of rotatable bonds is 6. The summed E-state index contributed by atoms with van der Waals surface area (Å²) in [5.41, 5.74) is 0.892. The number of aliphatic hydroxyl groups is 1. The number of halogens is 1. The van der Waals surface area contributed by atoms with Gasteiger partial charge in [-0.15, -0.1) is 0 Å². The maximum absolute atomic E-state index is 9.93. The molecule has 1 aromatic carbocycles. The van der Waals surface area contributed by atoms with Gasteiger partial charge in [0.15, 0.2) is 0 Å². The zero-order valence-electron chi connectivity index (χ0n) is 11.2. The molecule has 0 heterocycles. The van der Waals surface area contributed by atoms with Crippen LogP contribution < -0.4 is 5.32 Å². The largest absolute Gasteiger partial charge is 0.508 e. The number of aliphatic hydroxyl groups excluding tert-OH is 1. The molecular formula is C14H22BrNO2. The average Bonchev–Trinajstić information content (AvgIpc) is 2.37. The average molecular weight is 316 g/mol. The monoisotopic (exact) mass is 315 g/mol. The normalized spacial score (nSPS) is 16.3. The maximum Gasteiger partial charge on any atom is 0.120 e. The van der Waals surface area contributed by atoms with E-state index in [9.17, 15) is 5.11 Å². The first-order chi connectivity index (χ1) is 8.49. The van der Waals surface area contributed by atoms with Gasteiger partial charge in [-0.1, -0.05) is 29.8 Å². The highest BCUT2D eigenvalue weighted by Crippen LogP contribution is 2.30. The molecule has 0 aliphatic rings. The predicted octanol–water partition coefficient (Wildman–Crippen LogP) is 3.21. The van der Waals surface area contributed by atoms with E-state index in [-0.39, 0.29) is 24.6 Å². The second-order valence-electron chi connectivity index (χ2n) is 4.78. The lowest BCUT2D eigenvalue weighted by atomic mass is 9.99. The number of hydrogen-bond acceptors (Lipinski definition) is 3. The van der Waals surface area contributed by atoms with Gasteiger partial charge in [0.05, 0.1) is 0 Å². The number of hydrogen-bond donors (Lipinski definition) is 3. The lowest BCUT2D eigenvalue weighted by Gasteiger charge is -2.26. The van der Waals surface area contributed by atoms with Crippen molar-refractivity contribution in [2.45, 2.75) is 39.3 Å². The van der Waals surface area contributed by atoms with Crippen molar-refractivity contribution < 1.29 is 10.2 Å².